The molecule has 3 nitrogen and oxygen atoms in total. The molecule has 0 aliphatic heterocycles. The molecular weight excluding hydrogens is 321 g/mol. The summed E-state index contributed by atoms with van der Waals surface area (Å²) in [6.45, 7) is 0.743. The van der Waals surface area contributed by atoms with Crippen molar-refractivity contribution in [1.82, 2.24) is 9.97 Å². The smallest absolute Gasteiger partial charge is 0.201 e. The lowest BCUT2D eigenvalue weighted by atomic mass is 10.1. The van der Waals surface area contributed by atoms with Crippen molar-refractivity contribution in [1.29, 1.82) is 0 Å². The first-order chi connectivity index (χ1) is 9.70. The van der Waals surface area contributed by atoms with E-state index in [2.05, 4.69) is 31.2 Å². The Kier molecular flexibility index (Phi) is 3.69. The molecule has 0 atom stereocenters. The van der Waals surface area contributed by atoms with E-state index in [0.717, 1.165) is 40.0 Å². The highest BCUT2D eigenvalue weighted by molar-refractivity contribution is 9.10. The molecule has 2 N–H and O–H groups in total. The average molecular weight is 334 g/mol. The Hall–Kier alpha value is -1.88. The quantitative estimate of drug-likeness (QED) is 0.754. The third-order valence-electron chi connectivity index (χ3n) is 3.06. The Balaban J connectivity index is 1.63. The fourth-order valence-corrected chi connectivity index (χ4v) is 2.40. The number of fused-ring (bicyclic) bond motifs is 1. The van der Waals surface area contributed by atoms with E-state index < -0.39 is 0 Å². The van der Waals surface area contributed by atoms with Crippen LogP contribution in [0.1, 0.15) is 5.56 Å². The van der Waals surface area contributed by atoms with Gasteiger partial charge in [0.2, 0.25) is 5.95 Å². The fourth-order valence-electron chi connectivity index (χ4n) is 2.04. The van der Waals surface area contributed by atoms with Crippen LogP contribution in [-0.2, 0) is 6.42 Å². The lowest BCUT2D eigenvalue weighted by Gasteiger charge is -2.02. The molecule has 0 bridgehead atoms. The number of hydrogen-bond acceptors (Lipinski definition) is 2. The van der Waals surface area contributed by atoms with Gasteiger partial charge in [0, 0.05) is 11.0 Å². The summed E-state index contributed by atoms with van der Waals surface area (Å²) in [4.78, 5) is 7.67. The number of aromatic nitrogens is 2. The Labute approximate surface area is 124 Å². The summed E-state index contributed by atoms with van der Waals surface area (Å²) in [5.74, 6) is 0.546. The second-order valence-electron chi connectivity index (χ2n) is 4.55. The summed E-state index contributed by atoms with van der Waals surface area (Å²) in [6, 6.07) is 12.5. The van der Waals surface area contributed by atoms with Crippen LogP contribution in [0.2, 0.25) is 0 Å². The van der Waals surface area contributed by atoms with Crippen LogP contribution < -0.4 is 5.32 Å². The van der Waals surface area contributed by atoms with E-state index in [1.54, 1.807) is 12.1 Å². The Morgan fingerprint density at radius 3 is 2.75 bits per heavy atom. The number of hydrogen-bond donors (Lipinski definition) is 2. The molecule has 102 valence electrons. The zero-order valence-corrected chi connectivity index (χ0v) is 12.2. The van der Waals surface area contributed by atoms with Gasteiger partial charge in [-0.25, -0.2) is 9.37 Å². The van der Waals surface area contributed by atoms with Crippen LogP contribution in [0.5, 0.6) is 0 Å². The van der Waals surface area contributed by atoms with Crippen molar-refractivity contribution in [3.8, 4) is 0 Å². The van der Waals surface area contributed by atoms with Gasteiger partial charge >= 0.3 is 0 Å². The molecule has 2 aromatic carbocycles. The maximum Gasteiger partial charge on any atom is 0.201 e. The molecule has 0 saturated heterocycles. The minimum atomic E-state index is -0.204. The molecule has 0 fully saturated rings. The van der Waals surface area contributed by atoms with Crippen LogP contribution in [0.3, 0.4) is 0 Å². The lowest BCUT2D eigenvalue weighted by Crippen LogP contribution is -2.05. The largest absolute Gasteiger partial charge is 0.355 e. The van der Waals surface area contributed by atoms with Crippen LogP contribution in [0.15, 0.2) is 46.9 Å². The van der Waals surface area contributed by atoms with Crippen LogP contribution in [0.4, 0.5) is 10.3 Å². The standard InChI is InChI=1S/C15H13BrFN3/c16-11-3-6-13-14(9-11)20-15(19-13)18-8-7-10-1-4-12(17)5-2-10/h1-6,9H,7-8H2,(H2,18,19,20). The molecular formula is C15H13BrFN3. The molecule has 0 spiro atoms. The van der Waals surface area contributed by atoms with E-state index in [0.29, 0.717) is 0 Å². The van der Waals surface area contributed by atoms with E-state index in [1.165, 1.54) is 12.1 Å². The number of halogens is 2. The third kappa shape index (κ3) is 2.99. The van der Waals surface area contributed by atoms with E-state index in [4.69, 9.17) is 0 Å². The Bertz CT molecular complexity index is 722. The molecule has 1 heterocycles. The van der Waals surface area contributed by atoms with Crippen molar-refractivity contribution in [3.05, 3.63) is 58.3 Å². The third-order valence-corrected chi connectivity index (χ3v) is 3.56. The molecule has 0 radical (unpaired) electrons. The van der Waals surface area contributed by atoms with Crippen LogP contribution in [0, 0.1) is 5.82 Å². The molecule has 0 saturated carbocycles. The van der Waals surface area contributed by atoms with Gasteiger partial charge in [-0.2, -0.15) is 0 Å². The molecule has 20 heavy (non-hydrogen) atoms. The highest BCUT2D eigenvalue weighted by Gasteiger charge is 2.02. The highest BCUT2D eigenvalue weighted by Crippen LogP contribution is 2.19. The summed E-state index contributed by atoms with van der Waals surface area (Å²) < 4.78 is 13.8. The monoisotopic (exact) mass is 333 g/mol. The SMILES string of the molecule is Fc1ccc(CCNc2nc3ccc(Br)cc3[nH]2)cc1. The van der Waals surface area contributed by atoms with Gasteiger partial charge in [0.25, 0.3) is 0 Å². The van der Waals surface area contributed by atoms with Gasteiger partial charge in [0.15, 0.2) is 0 Å². The van der Waals surface area contributed by atoms with Crippen molar-refractivity contribution in [3.63, 3.8) is 0 Å². The van der Waals surface area contributed by atoms with Gasteiger partial charge < -0.3 is 10.3 Å². The zero-order chi connectivity index (χ0) is 13.9. The van der Waals surface area contributed by atoms with E-state index >= 15 is 0 Å². The van der Waals surface area contributed by atoms with Crippen LogP contribution >= 0.6 is 15.9 Å². The maximum atomic E-state index is 12.8. The number of aromatic amines is 1. The van der Waals surface area contributed by atoms with E-state index in [9.17, 15) is 4.39 Å². The molecule has 3 aromatic rings. The molecule has 5 heteroatoms. The van der Waals surface area contributed by atoms with Crippen LogP contribution in [-0.4, -0.2) is 16.5 Å². The predicted octanol–water partition coefficient (Wildman–Crippen LogP) is 4.12. The number of nitrogens with one attached hydrogen (secondary N) is 2. The second-order valence-corrected chi connectivity index (χ2v) is 5.47. The van der Waals surface area contributed by atoms with Crippen molar-refractivity contribution < 1.29 is 4.39 Å². The highest BCUT2D eigenvalue weighted by atomic mass is 79.9. The maximum absolute atomic E-state index is 12.8. The Morgan fingerprint density at radius 2 is 1.95 bits per heavy atom. The predicted molar refractivity (Wildman–Crippen MR) is 82.4 cm³/mol. The molecule has 1 aromatic heterocycles. The molecule has 0 amide bonds. The van der Waals surface area contributed by atoms with Crippen molar-refractivity contribution in [2.45, 2.75) is 6.42 Å². The minimum absolute atomic E-state index is 0.204. The first-order valence-corrected chi connectivity index (χ1v) is 7.13. The number of nitrogens with zero attached hydrogens (tertiary/aromatic N) is 1. The van der Waals surface area contributed by atoms with Gasteiger partial charge in [0.1, 0.15) is 5.82 Å². The summed E-state index contributed by atoms with van der Waals surface area (Å²) >= 11 is 3.43. The summed E-state index contributed by atoms with van der Waals surface area (Å²) in [5, 5.41) is 3.24. The number of imidazole rings is 1. The zero-order valence-electron chi connectivity index (χ0n) is 10.7. The van der Waals surface area contributed by atoms with Crippen LogP contribution in [0.25, 0.3) is 11.0 Å². The van der Waals surface area contributed by atoms with Gasteiger partial charge in [0.05, 0.1) is 11.0 Å². The van der Waals surface area contributed by atoms with Gasteiger partial charge in [-0.05, 0) is 42.3 Å². The van der Waals surface area contributed by atoms with Gasteiger partial charge in [-0.1, -0.05) is 28.1 Å². The molecule has 0 aliphatic rings. The van der Waals surface area contributed by atoms with E-state index in [-0.39, 0.29) is 5.82 Å². The molecule has 0 aliphatic carbocycles. The molecule has 0 unspecified atom stereocenters. The number of anilines is 1. The molecule has 3 rings (SSSR count). The van der Waals surface area contributed by atoms with Crippen molar-refractivity contribution in [2.24, 2.45) is 0 Å². The lowest BCUT2D eigenvalue weighted by molar-refractivity contribution is 0.627. The number of H-pyrrole nitrogens is 1. The topological polar surface area (TPSA) is 40.7 Å². The first kappa shape index (κ1) is 13.1. The second kappa shape index (κ2) is 5.63. The van der Waals surface area contributed by atoms with E-state index in [1.807, 2.05) is 18.2 Å². The summed E-state index contributed by atoms with van der Waals surface area (Å²) in [6.07, 6.45) is 0.820. The minimum Gasteiger partial charge on any atom is -0.355 e. The normalized spacial score (nSPS) is 10.9. The fraction of sp³-hybridized carbons (Fsp3) is 0.133. The number of rotatable bonds is 4. The first-order valence-electron chi connectivity index (χ1n) is 6.34. The number of benzene rings is 2. The van der Waals surface area contributed by atoms with Crippen molar-refractivity contribution >= 4 is 32.9 Å². The average Bonchev–Trinajstić information content (AvgIpc) is 2.83. The summed E-state index contributed by atoms with van der Waals surface area (Å²) in [7, 11) is 0. The van der Waals surface area contributed by atoms with Gasteiger partial charge in [-0.15, -0.1) is 0 Å². The van der Waals surface area contributed by atoms with Gasteiger partial charge in [-0.3, -0.25) is 0 Å². The van der Waals surface area contributed by atoms with Crippen molar-refractivity contribution in [2.75, 3.05) is 11.9 Å². The Morgan fingerprint density at radius 1 is 1.15 bits per heavy atom. The summed E-state index contributed by atoms with van der Waals surface area (Å²) in [5.41, 5.74) is 3.01.